The summed E-state index contributed by atoms with van der Waals surface area (Å²) in [7, 11) is 0. The SMILES string of the molecule is CC(C)COc1nc(-c2ccc(C(F)(F)F)cc2)n(-c2ccc(NC(=O)/C=C/c3ccccc3)cc2)n1. The van der Waals surface area contributed by atoms with Gasteiger partial charge in [-0.1, -0.05) is 56.3 Å². The van der Waals surface area contributed by atoms with Crippen molar-refractivity contribution >= 4 is 17.7 Å². The number of nitrogens with one attached hydrogen (secondary N) is 1. The van der Waals surface area contributed by atoms with E-state index in [1.165, 1.54) is 22.9 Å². The number of alkyl halides is 3. The fourth-order valence-electron chi connectivity index (χ4n) is 3.38. The second kappa shape index (κ2) is 11.1. The summed E-state index contributed by atoms with van der Waals surface area (Å²) < 4.78 is 46.2. The van der Waals surface area contributed by atoms with Gasteiger partial charge in [-0.15, -0.1) is 5.10 Å². The Morgan fingerprint density at radius 2 is 1.68 bits per heavy atom. The minimum atomic E-state index is -4.44. The maximum absolute atomic E-state index is 13.0. The topological polar surface area (TPSA) is 69.0 Å². The molecule has 4 aromatic rings. The summed E-state index contributed by atoms with van der Waals surface area (Å²) in [5.74, 6) is 0.280. The molecule has 0 aliphatic carbocycles. The van der Waals surface area contributed by atoms with Gasteiger partial charge in [0.1, 0.15) is 0 Å². The van der Waals surface area contributed by atoms with Crippen LogP contribution in [0.15, 0.2) is 84.9 Å². The van der Waals surface area contributed by atoms with Crippen molar-refractivity contribution in [3.63, 3.8) is 0 Å². The second-order valence-electron chi connectivity index (χ2n) is 8.69. The van der Waals surface area contributed by atoms with Gasteiger partial charge in [-0.2, -0.15) is 18.2 Å². The largest absolute Gasteiger partial charge is 0.462 e. The Hall–Kier alpha value is -4.40. The lowest BCUT2D eigenvalue weighted by Gasteiger charge is -2.09. The summed E-state index contributed by atoms with van der Waals surface area (Å²) in [6, 6.07) is 21.2. The van der Waals surface area contributed by atoms with Crippen LogP contribution >= 0.6 is 0 Å². The summed E-state index contributed by atoms with van der Waals surface area (Å²) in [5, 5.41) is 7.21. The van der Waals surface area contributed by atoms with Gasteiger partial charge in [0.05, 0.1) is 17.9 Å². The highest BCUT2D eigenvalue weighted by atomic mass is 19.4. The van der Waals surface area contributed by atoms with Gasteiger partial charge in [0.15, 0.2) is 5.82 Å². The zero-order valence-electron chi connectivity index (χ0n) is 20.2. The van der Waals surface area contributed by atoms with Crippen LogP contribution in [-0.4, -0.2) is 27.3 Å². The molecule has 0 fully saturated rings. The molecule has 0 aliphatic rings. The number of rotatable bonds is 8. The van der Waals surface area contributed by atoms with Crippen LogP contribution < -0.4 is 10.1 Å². The lowest BCUT2D eigenvalue weighted by Crippen LogP contribution is -2.08. The molecule has 37 heavy (non-hydrogen) atoms. The summed E-state index contributed by atoms with van der Waals surface area (Å²) >= 11 is 0. The molecule has 1 heterocycles. The maximum Gasteiger partial charge on any atom is 0.416 e. The molecule has 0 aliphatic heterocycles. The molecule has 4 rings (SSSR count). The quantitative estimate of drug-likeness (QED) is 0.272. The summed E-state index contributed by atoms with van der Waals surface area (Å²) in [5.41, 5.74) is 1.77. The first-order chi connectivity index (χ1) is 17.7. The molecule has 1 aromatic heterocycles. The van der Waals surface area contributed by atoms with Crippen LogP contribution in [-0.2, 0) is 11.0 Å². The van der Waals surface area contributed by atoms with Gasteiger partial charge in [-0.05, 0) is 54.0 Å². The van der Waals surface area contributed by atoms with Crippen LogP contribution in [0.2, 0.25) is 0 Å². The molecule has 0 saturated carbocycles. The number of benzene rings is 3. The van der Waals surface area contributed by atoms with Gasteiger partial charge in [0, 0.05) is 17.3 Å². The Balaban J connectivity index is 1.57. The Morgan fingerprint density at radius 3 is 2.30 bits per heavy atom. The van der Waals surface area contributed by atoms with Crippen LogP contribution in [0.3, 0.4) is 0 Å². The van der Waals surface area contributed by atoms with Crippen molar-refractivity contribution in [2.24, 2.45) is 5.92 Å². The van der Waals surface area contributed by atoms with Crippen molar-refractivity contribution in [2.75, 3.05) is 11.9 Å². The molecule has 0 unspecified atom stereocenters. The Bertz CT molecular complexity index is 1360. The zero-order chi connectivity index (χ0) is 26.4. The summed E-state index contributed by atoms with van der Waals surface area (Å²) in [6.07, 6.45) is -1.27. The Labute approximate surface area is 212 Å². The zero-order valence-corrected chi connectivity index (χ0v) is 20.2. The van der Waals surface area contributed by atoms with E-state index in [0.717, 1.165) is 17.7 Å². The van der Waals surface area contributed by atoms with Gasteiger partial charge in [0.2, 0.25) is 5.91 Å². The maximum atomic E-state index is 13.0. The predicted octanol–water partition coefficient (Wildman–Crippen LogP) is 6.64. The average molecular weight is 507 g/mol. The van der Waals surface area contributed by atoms with Crippen LogP contribution in [0.25, 0.3) is 23.2 Å². The molecule has 6 nitrogen and oxygen atoms in total. The van der Waals surface area contributed by atoms with Gasteiger partial charge >= 0.3 is 12.2 Å². The number of halogens is 3. The lowest BCUT2D eigenvalue weighted by atomic mass is 10.1. The summed E-state index contributed by atoms with van der Waals surface area (Å²) in [4.78, 5) is 16.7. The van der Waals surface area contributed by atoms with E-state index in [4.69, 9.17) is 4.74 Å². The first-order valence-corrected chi connectivity index (χ1v) is 11.6. The molecular formula is C28H25F3N4O2. The van der Waals surface area contributed by atoms with E-state index in [1.807, 2.05) is 44.2 Å². The highest BCUT2D eigenvalue weighted by Gasteiger charge is 2.30. The van der Waals surface area contributed by atoms with E-state index in [0.29, 0.717) is 29.4 Å². The van der Waals surface area contributed by atoms with E-state index in [-0.39, 0.29) is 17.8 Å². The fraction of sp³-hybridized carbons (Fsp3) is 0.179. The highest BCUT2D eigenvalue weighted by molar-refractivity contribution is 6.01. The van der Waals surface area contributed by atoms with Crippen molar-refractivity contribution in [1.29, 1.82) is 0 Å². The highest BCUT2D eigenvalue weighted by Crippen LogP contribution is 2.31. The lowest BCUT2D eigenvalue weighted by molar-refractivity contribution is -0.137. The smallest absolute Gasteiger partial charge is 0.416 e. The number of anilines is 1. The first-order valence-electron chi connectivity index (χ1n) is 11.6. The molecule has 0 radical (unpaired) electrons. The van der Waals surface area contributed by atoms with E-state index >= 15 is 0 Å². The number of amides is 1. The summed E-state index contributed by atoms with van der Waals surface area (Å²) in [6.45, 7) is 4.35. The molecule has 1 amide bonds. The van der Waals surface area contributed by atoms with Gasteiger partial charge in [0.25, 0.3) is 0 Å². The van der Waals surface area contributed by atoms with Gasteiger partial charge in [-0.3, -0.25) is 4.79 Å². The number of aromatic nitrogens is 3. The predicted molar refractivity (Wildman–Crippen MR) is 136 cm³/mol. The van der Waals surface area contributed by atoms with Gasteiger partial charge in [-0.25, -0.2) is 4.68 Å². The van der Waals surface area contributed by atoms with Crippen LogP contribution in [0.5, 0.6) is 6.01 Å². The van der Waals surface area contributed by atoms with E-state index in [1.54, 1.807) is 30.3 Å². The number of carbonyl (C=O) groups is 1. The molecular weight excluding hydrogens is 481 g/mol. The number of nitrogens with zero attached hydrogens (tertiary/aromatic N) is 3. The molecule has 0 spiro atoms. The second-order valence-corrected chi connectivity index (χ2v) is 8.69. The standard InChI is InChI=1S/C28H25F3N4O2/c1-19(2)18-37-27-33-26(21-9-11-22(12-10-21)28(29,30)31)35(34-27)24-15-13-23(14-16-24)32-25(36)17-8-20-6-4-3-5-7-20/h3-17,19H,18H2,1-2H3,(H,32,36)/b17-8+. The monoisotopic (exact) mass is 506 g/mol. The van der Waals surface area contributed by atoms with Crippen LogP contribution in [0.4, 0.5) is 18.9 Å². The Kier molecular flexibility index (Phi) is 7.71. The van der Waals surface area contributed by atoms with Crippen molar-refractivity contribution in [3.8, 4) is 23.1 Å². The number of carbonyl (C=O) groups excluding carboxylic acids is 1. The number of hydrogen-bond acceptors (Lipinski definition) is 4. The minimum absolute atomic E-state index is 0.118. The van der Waals surface area contributed by atoms with Crippen LogP contribution in [0.1, 0.15) is 25.0 Å². The van der Waals surface area contributed by atoms with E-state index < -0.39 is 11.7 Å². The van der Waals surface area contributed by atoms with Crippen LogP contribution in [0, 0.1) is 5.92 Å². The van der Waals surface area contributed by atoms with Crippen molar-refractivity contribution in [1.82, 2.24) is 14.8 Å². The third-order valence-corrected chi connectivity index (χ3v) is 5.21. The third-order valence-electron chi connectivity index (χ3n) is 5.21. The van der Waals surface area contributed by atoms with E-state index in [2.05, 4.69) is 15.4 Å². The van der Waals surface area contributed by atoms with Gasteiger partial charge < -0.3 is 10.1 Å². The van der Waals surface area contributed by atoms with Crippen molar-refractivity contribution in [2.45, 2.75) is 20.0 Å². The molecule has 0 atom stereocenters. The molecule has 9 heteroatoms. The normalized spacial score (nSPS) is 11.7. The average Bonchev–Trinajstić information content (AvgIpc) is 3.31. The molecule has 190 valence electrons. The molecule has 0 bridgehead atoms. The molecule has 3 aromatic carbocycles. The van der Waals surface area contributed by atoms with Crippen molar-refractivity contribution in [3.05, 3.63) is 96.1 Å². The van der Waals surface area contributed by atoms with E-state index in [9.17, 15) is 18.0 Å². The Morgan fingerprint density at radius 1 is 1.00 bits per heavy atom. The first kappa shape index (κ1) is 25.7. The minimum Gasteiger partial charge on any atom is -0.462 e. The van der Waals surface area contributed by atoms with Crippen molar-refractivity contribution < 1.29 is 22.7 Å². The number of hydrogen-bond donors (Lipinski definition) is 1. The third kappa shape index (κ3) is 6.84. The fourth-order valence-corrected chi connectivity index (χ4v) is 3.38. The molecule has 1 N–H and O–H groups in total. The molecule has 0 saturated heterocycles. The number of ether oxygens (including phenoxy) is 1.